The van der Waals surface area contributed by atoms with Crippen LogP contribution in [0.5, 0.6) is 0 Å². The van der Waals surface area contributed by atoms with Gasteiger partial charge in [0.15, 0.2) is 0 Å². The third-order valence-corrected chi connectivity index (χ3v) is 2.48. The first-order valence-corrected chi connectivity index (χ1v) is 5.37. The number of hydrogen-bond donors (Lipinski definition) is 3. The largest absolute Gasteiger partial charge is 0.481 e. The number of rotatable bonds is 6. The molecule has 0 aromatic heterocycles. The van der Waals surface area contributed by atoms with Crippen LogP contribution in [0, 0.1) is 5.92 Å². The highest BCUT2D eigenvalue weighted by Crippen LogP contribution is 2.11. The molecule has 1 rings (SSSR count). The van der Waals surface area contributed by atoms with Crippen LogP contribution in [0.25, 0.3) is 0 Å². The minimum Gasteiger partial charge on any atom is -0.481 e. The molecule has 88 valence electrons. The molecule has 15 heavy (non-hydrogen) atoms. The normalized spacial score (nSPS) is 23.7. The lowest BCUT2D eigenvalue weighted by atomic mass is 10.0. The molecule has 1 fully saturated rings. The van der Waals surface area contributed by atoms with Crippen LogP contribution >= 0.6 is 0 Å². The highest BCUT2D eigenvalue weighted by molar-refractivity contribution is 5.67. The fraction of sp³-hybridized carbons (Fsp3) is 0.900. The number of aliphatic hydroxyl groups is 1. The Morgan fingerprint density at radius 1 is 1.60 bits per heavy atom. The van der Waals surface area contributed by atoms with Crippen LogP contribution in [0.1, 0.15) is 19.3 Å². The van der Waals surface area contributed by atoms with Crippen molar-refractivity contribution in [2.75, 3.05) is 26.3 Å². The van der Waals surface area contributed by atoms with E-state index in [4.69, 9.17) is 9.84 Å². The first-order valence-electron chi connectivity index (χ1n) is 5.37. The molecule has 1 heterocycles. The Morgan fingerprint density at radius 3 is 3.00 bits per heavy atom. The Hall–Kier alpha value is -0.650. The van der Waals surface area contributed by atoms with E-state index in [2.05, 4.69) is 5.32 Å². The molecule has 0 amide bonds. The van der Waals surface area contributed by atoms with Crippen LogP contribution in [0.3, 0.4) is 0 Å². The molecule has 5 heteroatoms. The maximum atomic E-state index is 10.3. The summed E-state index contributed by atoms with van der Waals surface area (Å²) >= 11 is 0. The van der Waals surface area contributed by atoms with Gasteiger partial charge in [0.05, 0.1) is 19.1 Å². The van der Waals surface area contributed by atoms with Gasteiger partial charge >= 0.3 is 5.97 Å². The summed E-state index contributed by atoms with van der Waals surface area (Å²) in [7, 11) is 0. The van der Waals surface area contributed by atoms with E-state index in [9.17, 15) is 9.90 Å². The maximum absolute atomic E-state index is 10.3. The van der Waals surface area contributed by atoms with Crippen molar-refractivity contribution >= 4 is 5.97 Å². The molecular formula is C10H19NO4. The maximum Gasteiger partial charge on any atom is 0.306 e. The lowest BCUT2D eigenvalue weighted by molar-refractivity contribution is -0.139. The van der Waals surface area contributed by atoms with Gasteiger partial charge in [0.2, 0.25) is 0 Å². The minimum atomic E-state index is -0.967. The van der Waals surface area contributed by atoms with E-state index < -0.39 is 12.1 Å². The summed E-state index contributed by atoms with van der Waals surface area (Å²) in [5.41, 5.74) is 0. The molecular weight excluding hydrogens is 198 g/mol. The number of aliphatic carboxylic acids is 1. The molecule has 5 nitrogen and oxygen atoms in total. The molecule has 1 aliphatic rings. The zero-order chi connectivity index (χ0) is 11.1. The predicted molar refractivity (Wildman–Crippen MR) is 54.7 cm³/mol. The van der Waals surface area contributed by atoms with Gasteiger partial charge in [0, 0.05) is 19.7 Å². The fourth-order valence-electron chi connectivity index (χ4n) is 1.70. The lowest BCUT2D eigenvalue weighted by Crippen LogP contribution is -2.34. The molecule has 3 N–H and O–H groups in total. The van der Waals surface area contributed by atoms with Gasteiger partial charge in [-0.15, -0.1) is 0 Å². The van der Waals surface area contributed by atoms with Gasteiger partial charge in [-0.3, -0.25) is 4.79 Å². The van der Waals surface area contributed by atoms with Gasteiger partial charge in [-0.2, -0.15) is 0 Å². The molecule has 0 aromatic carbocycles. The number of carbonyl (C=O) groups is 1. The number of carboxylic acids is 1. The molecule has 1 saturated heterocycles. The molecule has 0 aliphatic carbocycles. The zero-order valence-corrected chi connectivity index (χ0v) is 8.82. The Balaban J connectivity index is 2.02. The average molecular weight is 217 g/mol. The molecule has 0 aromatic rings. The Labute approximate surface area is 89.4 Å². The number of aliphatic hydroxyl groups excluding tert-OH is 1. The number of carboxylic acid groups (broad SMARTS) is 1. The monoisotopic (exact) mass is 217 g/mol. The second-order valence-corrected chi connectivity index (χ2v) is 3.99. The molecule has 0 radical (unpaired) electrons. The van der Waals surface area contributed by atoms with Crippen molar-refractivity contribution in [2.45, 2.75) is 25.4 Å². The fourth-order valence-corrected chi connectivity index (χ4v) is 1.70. The Morgan fingerprint density at radius 2 is 2.40 bits per heavy atom. The van der Waals surface area contributed by atoms with Crippen molar-refractivity contribution < 1.29 is 19.7 Å². The lowest BCUT2D eigenvalue weighted by Gasteiger charge is -2.22. The quantitative estimate of drug-likeness (QED) is 0.576. The topological polar surface area (TPSA) is 78.8 Å². The van der Waals surface area contributed by atoms with E-state index >= 15 is 0 Å². The van der Waals surface area contributed by atoms with Gasteiger partial charge in [0.1, 0.15) is 0 Å². The summed E-state index contributed by atoms with van der Waals surface area (Å²) in [6.45, 7) is 2.74. The number of hydrogen-bond acceptors (Lipinski definition) is 4. The smallest absolute Gasteiger partial charge is 0.306 e. The molecule has 2 atom stereocenters. The second kappa shape index (κ2) is 6.76. The van der Waals surface area contributed by atoms with Gasteiger partial charge in [-0.25, -0.2) is 0 Å². The summed E-state index contributed by atoms with van der Waals surface area (Å²) in [6, 6.07) is 0. The first-order chi connectivity index (χ1) is 7.18. The summed E-state index contributed by atoms with van der Waals surface area (Å²) in [4.78, 5) is 10.3. The van der Waals surface area contributed by atoms with Crippen molar-refractivity contribution in [3.05, 3.63) is 0 Å². The van der Waals surface area contributed by atoms with Crippen LogP contribution in [0.2, 0.25) is 0 Å². The van der Waals surface area contributed by atoms with Crippen molar-refractivity contribution in [3.8, 4) is 0 Å². The summed E-state index contributed by atoms with van der Waals surface area (Å²) in [6.07, 6.45) is 1.23. The van der Waals surface area contributed by atoms with Crippen molar-refractivity contribution in [3.63, 3.8) is 0 Å². The number of ether oxygens (including phenoxy) is 1. The molecule has 0 bridgehead atoms. The highest BCUT2D eigenvalue weighted by Gasteiger charge is 2.14. The summed E-state index contributed by atoms with van der Waals surface area (Å²) < 4.78 is 5.31. The van der Waals surface area contributed by atoms with Gasteiger partial charge in [-0.05, 0) is 18.8 Å². The predicted octanol–water partition coefficient (Wildman–Crippen LogP) is -0.162. The van der Waals surface area contributed by atoms with Crippen molar-refractivity contribution in [2.24, 2.45) is 5.92 Å². The van der Waals surface area contributed by atoms with Gasteiger partial charge in [-0.1, -0.05) is 0 Å². The van der Waals surface area contributed by atoms with Crippen LogP contribution in [-0.2, 0) is 9.53 Å². The van der Waals surface area contributed by atoms with E-state index in [0.717, 1.165) is 32.6 Å². The molecule has 2 unspecified atom stereocenters. The van der Waals surface area contributed by atoms with E-state index in [1.165, 1.54) is 0 Å². The first kappa shape index (κ1) is 12.4. The molecule has 1 aliphatic heterocycles. The molecule has 0 spiro atoms. The third-order valence-electron chi connectivity index (χ3n) is 2.48. The van der Waals surface area contributed by atoms with Crippen LogP contribution in [0.15, 0.2) is 0 Å². The third kappa shape index (κ3) is 5.71. The van der Waals surface area contributed by atoms with E-state index in [-0.39, 0.29) is 6.42 Å². The zero-order valence-electron chi connectivity index (χ0n) is 8.82. The Bertz CT molecular complexity index is 192. The average Bonchev–Trinajstić information content (AvgIpc) is 2.18. The summed E-state index contributed by atoms with van der Waals surface area (Å²) in [5, 5.41) is 20.8. The summed E-state index contributed by atoms with van der Waals surface area (Å²) in [5.74, 6) is -0.471. The van der Waals surface area contributed by atoms with Gasteiger partial charge in [0.25, 0.3) is 0 Å². The van der Waals surface area contributed by atoms with Crippen LogP contribution in [0.4, 0.5) is 0 Å². The SMILES string of the molecule is O=C(O)CC(O)CNCC1CCCOC1. The van der Waals surface area contributed by atoms with Crippen LogP contribution < -0.4 is 5.32 Å². The van der Waals surface area contributed by atoms with Crippen LogP contribution in [-0.4, -0.2) is 48.6 Å². The highest BCUT2D eigenvalue weighted by atomic mass is 16.5. The second-order valence-electron chi connectivity index (χ2n) is 3.99. The number of nitrogens with one attached hydrogen (secondary N) is 1. The van der Waals surface area contributed by atoms with E-state index in [1.807, 2.05) is 0 Å². The molecule has 0 saturated carbocycles. The van der Waals surface area contributed by atoms with Crippen molar-refractivity contribution in [1.82, 2.24) is 5.32 Å². The van der Waals surface area contributed by atoms with Gasteiger partial charge < -0.3 is 20.3 Å². The van der Waals surface area contributed by atoms with E-state index in [1.54, 1.807) is 0 Å². The minimum absolute atomic E-state index is 0.200. The standard InChI is InChI=1S/C10H19NO4/c12-9(4-10(13)14)6-11-5-8-2-1-3-15-7-8/h8-9,11-12H,1-7H2,(H,13,14). The van der Waals surface area contributed by atoms with Crippen molar-refractivity contribution in [1.29, 1.82) is 0 Å². The van der Waals surface area contributed by atoms with E-state index in [0.29, 0.717) is 12.5 Å². The Kier molecular flexibility index (Phi) is 5.60.